The Morgan fingerprint density at radius 3 is 1.92 bits per heavy atom. The summed E-state index contributed by atoms with van der Waals surface area (Å²) in [5, 5.41) is 0. The van der Waals surface area contributed by atoms with Crippen LogP contribution < -0.4 is 0 Å². The first-order valence-corrected chi connectivity index (χ1v) is 6.13. The van der Waals surface area contributed by atoms with Crippen LogP contribution in [0.4, 0.5) is 0 Å². The van der Waals surface area contributed by atoms with E-state index in [1.54, 1.807) is 21.3 Å². The molecule has 0 bridgehead atoms. The molecule has 0 unspecified atom stereocenters. The minimum Gasteiger partial charge on any atom is -0.377 e. The molecule has 72 valence electrons. The summed E-state index contributed by atoms with van der Waals surface area (Å²) in [4.78, 5) is 0. The van der Waals surface area contributed by atoms with E-state index in [4.69, 9.17) is 13.3 Å². The molecule has 0 rings (SSSR count). The van der Waals surface area contributed by atoms with Gasteiger partial charge >= 0.3 is 8.80 Å². The molecule has 0 radical (unpaired) electrons. The van der Waals surface area contributed by atoms with Crippen LogP contribution in [0.1, 0.15) is 0 Å². The lowest BCUT2D eigenvalue weighted by molar-refractivity contribution is 0.126. The van der Waals surface area contributed by atoms with Crippen molar-refractivity contribution in [3.05, 3.63) is 12.2 Å². The Morgan fingerprint density at radius 2 is 1.67 bits per heavy atom. The standard InChI is InChI=1S/C7H16O3SSi/c1-7(5-11)6-12(8-2,9-3)10-4/h11H,1,5-6H2,2-4H3. The Hall–Kier alpha value is 0.187. The fourth-order valence-electron chi connectivity index (χ4n) is 0.829. The highest BCUT2D eigenvalue weighted by Gasteiger charge is 2.37. The van der Waals surface area contributed by atoms with Crippen LogP contribution in [0.25, 0.3) is 0 Å². The smallest absolute Gasteiger partial charge is 0.377 e. The van der Waals surface area contributed by atoms with Gasteiger partial charge in [0, 0.05) is 33.1 Å². The predicted octanol–water partition coefficient (Wildman–Crippen LogP) is 1.35. The highest BCUT2D eigenvalue weighted by atomic mass is 32.1. The molecule has 0 heterocycles. The van der Waals surface area contributed by atoms with E-state index in [1.807, 2.05) is 0 Å². The Balaban J connectivity index is 4.19. The van der Waals surface area contributed by atoms with Crippen molar-refractivity contribution in [3.8, 4) is 0 Å². The Kier molecular flexibility index (Phi) is 5.86. The lowest BCUT2D eigenvalue weighted by atomic mass is 10.4. The van der Waals surface area contributed by atoms with Gasteiger partial charge in [-0.15, -0.1) is 0 Å². The van der Waals surface area contributed by atoms with Crippen LogP contribution in [0.3, 0.4) is 0 Å². The van der Waals surface area contributed by atoms with Crippen LogP contribution in [0.15, 0.2) is 12.2 Å². The summed E-state index contributed by atoms with van der Waals surface area (Å²) in [6.07, 6.45) is 0. The first-order valence-electron chi connectivity index (χ1n) is 3.57. The van der Waals surface area contributed by atoms with E-state index in [0.29, 0.717) is 11.8 Å². The van der Waals surface area contributed by atoms with Gasteiger partial charge in [0.1, 0.15) is 0 Å². The fraction of sp³-hybridized carbons (Fsp3) is 0.714. The van der Waals surface area contributed by atoms with Crippen LogP contribution in [-0.2, 0) is 13.3 Å². The van der Waals surface area contributed by atoms with Crippen LogP contribution >= 0.6 is 12.6 Å². The molecule has 0 saturated carbocycles. The Labute approximate surface area is 80.5 Å². The minimum absolute atomic E-state index is 0.625. The van der Waals surface area contributed by atoms with Crippen LogP contribution in [0.5, 0.6) is 0 Å². The van der Waals surface area contributed by atoms with E-state index in [9.17, 15) is 0 Å². The molecule has 0 amide bonds. The Bertz CT molecular complexity index is 139. The van der Waals surface area contributed by atoms with Crippen molar-refractivity contribution >= 4 is 21.4 Å². The third-order valence-electron chi connectivity index (χ3n) is 1.62. The van der Waals surface area contributed by atoms with E-state index < -0.39 is 8.80 Å². The minimum atomic E-state index is -2.45. The average Bonchev–Trinajstić information content (AvgIpc) is 2.14. The SMILES string of the molecule is C=C(CS)C[Si](OC)(OC)OC. The van der Waals surface area contributed by atoms with E-state index in [1.165, 1.54) is 0 Å². The highest BCUT2D eigenvalue weighted by Crippen LogP contribution is 2.18. The molecule has 3 nitrogen and oxygen atoms in total. The maximum absolute atomic E-state index is 5.21. The second-order valence-electron chi connectivity index (χ2n) is 2.38. The normalized spacial score (nSPS) is 11.7. The zero-order valence-corrected chi connectivity index (χ0v) is 9.69. The molecule has 0 aromatic carbocycles. The third-order valence-corrected chi connectivity index (χ3v) is 4.87. The Morgan fingerprint density at radius 1 is 1.25 bits per heavy atom. The summed E-state index contributed by atoms with van der Waals surface area (Å²) < 4.78 is 15.6. The lowest BCUT2D eigenvalue weighted by Crippen LogP contribution is -2.43. The molecule has 0 aliphatic heterocycles. The van der Waals surface area contributed by atoms with Crippen molar-refractivity contribution in [2.45, 2.75) is 6.04 Å². The monoisotopic (exact) mass is 208 g/mol. The van der Waals surface area contributed by atoms with Gasteiger partial charge in [0.05, 0.1) is 0 Å². The highest BCUT2D eigenvalue weighted by molar-refractivity contribution is 7.80. The zero-order valence-electron chi connectivity index (χ0n) is 7.79. The van der Waals surface area contributed by atoms with Gasteiger partial charge in [-0.05, 0) is 0 Å². The fourth-order valence-corrected chi connectivity index (χ4v) is 2.82. The summed E-state index contributed by atoms with van der Waals surface area (Å²) in [5.41, 5.74) is 0.968. The van der Waals surface area contributed by atoms with Gasteiger partial charge in [0.25, 0.3) is 0 Å². The number of hydrogen-bond donors (Lipinski definition) is 1. The molecule has 0 atom stereocenters. The van der Waals surface area contributed by atoms with E-state index in [0.717, 1.165) is 5.57 Å². The van der Waals surface area contributed by atoms with E-state index in [-0.39, 0.29) is 0 Å². The molecule has 12 heavy (non-hydrogen) atoms. The summed E-state index contributed by atoms with van der Waals surface area (Å²) in [5.74, 6) is 0.630. The third kappa shape index (κ3) is 3.28. The van der Waals surface area contributed by atoms with Crippen molar-refractivity contribution in [2.24, 2.45) is 0 Å². The van der Waals surface area contributed by atoms with Crippen LogP contribution in [0, 0.1) is 0 Å². The van der Waals surface area contributed by atoms with Gasteiger partial charge in [0.15, 0.2) is 0 Å². The average molecular weight is 208 g/mol. The predicted molar refractivity (Wildman–Crippen MR) is 54.6 cm³/mol. The van der Waals surface area contributed by atoms with Gasteiger partial charge in [-0.25, -0.2) is 0 Å². The van der Waals surface area contributed by atoms with Gasteiger partial charge in [-0.2, -0.15) is 12.6 Å². The van der Waals surface area contributed by atoms with Crippen molar-refractivity contribution in [1.29, 1.82) is 0 Å². The van der Waals surface area contributed by atoms with Crippen molar-refractivity contribution < 1.29 is 13.3 Å². The van der Waals surface area contributed by atoms with Crippen molar-refractivity contribution in [2.75, 3.05) is 27.1 Å². The van der Waals surface area contributed by atoms with Gasteiger partial charge in [-0.3, -0.25) is 0 Å². The molecular formula is C7H16O3SSi. The first-order chi connectivity index (χ1) is 5.64. The summed E-state index contributed by atoms with van der Waals surface area (Å²) >= 11 is 4.10. The van der Waals surface area contributed by atoms with E-state index >= 15 is 0 Å². The van der Waals surface area contributed by atoms with E-state index in [2.05, 4.69) is 19.2 Å². The van der Waals surface area contributed by atoms with Crippen LogP contribution in [0.2, 0.25) is 6.04 Å². The van der Waals surface area contributed by atoms with Crippen molar-refractivity contribution in [3.63, 3.8) is 0 Å². The topological polar surface area (TPSA) is 27.7 Å². The molecule has 0 fully saturated rings. The number of thiol groups is 1. The molecule has 0 aliphatic carbocycles. The first kappa shape index (κ1) is 12.2. The molecule has 0 spiro atoms. The van der Waals surface area contributed by atoms with Gasteiger partial charge in [0.2, 0.25) is 0 Å². The molecule has 0 aromatic rings. The second kappa shape index (κ2) is 5.77. The quantitative estimate of drug-likeness (QED) is 0.406. The zero-order chi connectivity index (χ0) is 9.61. The number of hydrogen-bond acceptors (Lipinski definition) is 4. The largest absolute Gasteiger partial charge is 0.504 e. The summed E-state index contributed by atoms with van der Waals surface area (Å²) in [6.45, 7) is 3.82. The molecule has 0 N–H and O–H groups in total. The van der Waals surface area contributed by atoms with Crippen LogP contribution in [-0.4, -0.2) is 35.9 Å². The molecular weight excluding hydrogens is 192 g/mol. The molecule has 0 saturated heterocycles. The lowest BCUT2D eigenvalue weighted by Gasteiger charge is -2.24. The summed E-state index contributed by atoms with van der Waals surface area (Å²) in [7, 11) is 2.32. The van der Waals surface area contributed by atoms with Gasteiger partial charge < -0.3 is 13.3 Å². The molecule has 0 aromatic heterocycles. The van der Waals surface area contributed by atoms with Crippen molar-refractivity contribution in [1.82, 2.24) is 0 Å². The second-order valence-corrected chi connectivity index (χ2v) is 5.64. The van der Waals surface area contributed by atoms with Gasteiger partial charge in [-0.1, -0.05) is 12.2 Å². The maximum Gasteiger partial charge on any atom is 0.504 e. The summed E-state index contributed by atoms with van der Waals surface area (Å²) in [6, 6.07) is 0.625. The molecule has 0 aliphatic rings. The maximum atomic E-state index is 5.21. The molecule has 5 heteroatoms. The number of rotatable bonds is 6.